The lowest BCUT2D eigenvalue weighted by molar-refractivity contribution is -0.114. The third-order valence-corrected chi connectivity index (χ3v) is 4.14. The standard InChI is InChI=1S/C22H20N4O3/c1-15(27)24-18-7-6-8-19(12-18)25-21(28)16-11-17(14-23-13-16)22(29)26(2)20-9-4-3-5-10-20/h3-14H,1-2H3,(H,24,27)(H,25,28). The van der Waals surface area contributed by atoms with Crippen molar-refractivity contribution in [2.45, 2.75) is 6.92 Å². The average molecular weight is 388 g/mol. The molecule has 0 radical (unpaired) electrons. The summed E-state index contributed by atoms with van der Waals surface area (Å²) in [7, 11) is 1.66. The second-order valence-electron chi connectivity index (χ2n) is 6.38. The molecule has 7 heteroatoms. The van der Waals surface area contributed by atoms with Gasteiger partial charge in [0.1, 0.15) is 0 Å². The van der Waals surface area contributed by atoms with Crippen LogP contribution in [0.3, 0.4) is 0 Å². The minimum atomic E-state index is -0.408. The molecule has 0 aliphatic carbocycles. The minimum absolute atomic E-state index is 0.202. The first kappa shape index (κ1) is 19.8. The van der Waals surface area contributed by atoms with Crippen LogP contribution in [0.15, 0.2) is 73.1 Å². The van der Waals surface area contributed by atoms with Gasteiger partial charge in [0.2, 0.25) is 5.91 Å². The number of amides is 3. The molecule has 0 saturated carbocycles. The van der Waals surface area contributed by atoms with Crippen LogP contribution < -0.4 is 15.5 Å². The minimum Gasteiger partial charge on any atom is -0.326 e. The quantitative estimate of drug-likeness (QED) is 0.699. The zero-order chi connectivity index (χ0) is 20.8. The van der Waals surface area contributed by atoms with Gasteiger partial charge in [0, 0.05) is 43.4 Å². The van der Waals surface area contributed by atoms with E-state index in [1.165, 1.54) is 30.3 Å². The van der Waals surface area contributed by atoms with E-state index in [0.29, 0.717) is 16.9 Å². The van der Waals surface area contributed by atoms with Gasteiger partial charge in [0.15, 0.2) is 0 Å². The van der Waals surface area contributed by atoms with Crippen molar-refractivity contribution < 1.29 is 14.4 Å². The number of carbonyl (C=O) groups is 3. The molecular formula is C22H20N4O3. The van der Waals surface area contributed by atoms with E-state index in [0.717, 1.165) is 5.69 Å². The number of nitrogens with zero attached hydrogens (tertiary/aromatic N) is 2. The number of hydrogen-bond acceptors (Lipinski definition) is 4. The zero-order valence-corrected chi connectivity index (χ0v) is 16.0. The van der Waals surface area contributed by atoms with Crippen molar-refractivity contribution in [2.75, 3.05) is 22.6 Å². The number of para-hydroxylation sites is 1. The van der Waals surface area contributed by atoms with Crippen molar-refractivity contribution in [3.63, 3.8) is 0 Å². The van der Waals surface area contributed by atoms with E-state index >= 15 is 0 Å². The first-order valence-electron chi connectivity index (χ1n) is 8.91. The third-order valence-electron chi connectivity index (χ3n) is 4.14. The van der Waals surface area contributed by atoms with Crippen molar-refractivity contribution in [1.82, 2.24) is 4.98 Å². The van der Waals surface area contributed by atoms with E-state index in [1.807, 2.05) is 30.3 Å². The molecule has 0 atom stereocenters. The number of anilines is 3. The Balaban J connectivity index is 1.76. The Labute approximate surface area is 168 Å². The van der Waals surface area contributed by atoms with Crippen molar-refractivity contribution in [2.24, 2.45) is 0 Å². The second-order valence-corrected chi connectivity index (χ2v) is 6.38. The molecule has 0 saturated heterocycles. The van der Waals surface area contributed by atoms with Crippen LogP contribution in [0.5, 0.6) is 0 Å². The summed E-state index contributed by atoms with van der Waals surface area (Å²) in [4.78, 5) is 42.1. The van der Waals surface area contributed by atoms with E-state index in [4.69, 9.17) is 0 Å². The largest absolute Gasteiger partial charge is 0.326 e. The topological polar surface area (TPSA) is 91.4 Å². The molecule has 0 aliphatic heterocycles. The van der Waals surface area contributed by atoms with Crippen molar-refractivity contribution in [1.29, 1.82) is 0 Å². The van der Waals surface area contributed by atoms with E-state index in [-0.39, 0.29) is 17.4 Å². The highest BCUT2D eigenvalue weighted by Crippen LogP contribution is 2.18. The highest BCUT2D eigenvalue weighted by molar-refractivity contribution is 6.09. The van der Waals surface area contributed by atoms with Gasteiger partial charge in [-0.15, -0.1) is 0 Å². The smallest absolute Gasteiger partial charge is 0.259 e. The molecular weight excluding hydrogens is 368 g/mol. The fraction of sp³-hybridized carbons (Fsp3) is 0.0909. The second kappa shape index (κ2) is 8.79. The van der Waals surface area contributed by atoms with Gasteiger partial charge in [0.05, 0.1) is 11.1 Å². The number of benzene rings is 2. The number of rotatable bonds is 5. The summed E-state index contributed by atoms with van der Waals surface area (Å²) in [6, 6.07) is 17.5. The Morgan fingerprint density at radius 1 is 0.828 bits per heavy atom. The molecule has 1 aromatic heterocycles. The van der Waals surface area contributed by atoms with E-state index in [1.54, 1.807) is 31.3 Å². The maximum absolute atomic E-state index is 12.7. The molecule has 2 N–H and O–H groups in total. The maximum atomic E-state index is 12.7. The first-order chi connectivity index (χ1) is 13.9. The fourth-order valence-corrected chi connectivity index (χ4v) is 2.72. The van der Waals surface area contributed by atoms with Gasteiger partial charge >= 0.3 is 0 Å². The number of hydrogen-bond donors (Lipinski definition) is 2. The van der Waals surface area contributed by atoms with E-state index in [2.05, 4.69) is 15.6 Å². The summed E-state index contributed by atoms with van der Waals surface area (Å²) in [5.74, 6) is -0.882. The molecule has 3 aromatic rings. The Bertz CT molecular complexity index is 1050. The normalized spacial score (nSPS) is 10.1. The lowest BCUT2D eigenvalue weighted by Gasteiger charge is -2.17. The molecule has 29 heavy (non-hydrogen) atoms. The van der Waals surface area contributed by atoms with Crippen LogP contribution in [-0.4, -0.2) is 29.8 Å². The molecule has 0 bridgehead atoms. The highest BCUT2D eigenvalue weighted by Gasteiger charge is 2.16. The van der Waals surface area contributed by atoms with Gasteiger partial charge in [0.25, 0.3) is 11.8 Å². The molecule has 0 unspecified atom stereocenters. The average Bonchev–Trinajstić information content (AvgIpc) is 2.73. The molecule has 3 rings (SSSR count). The number of pyridine rings is 1. The molecule has 7 nitrogen and oxygen atoms in total. The summed E-state index contributed by atoms with van der Waals surface area (Å²) >= 11 is 0. The van der Waals surface area contributed by atoms with Crippen molar-refractivity contribution in [3.05, 3.63) is 84.2 Å². The summed E-state index contributed by atoms with van der Waals surface area (Å²) in [5.41, 5.74) is 2.38. The number of aromatic nitrogens is 1. The van der Waals surface area contributed by atoms with Gasteiger partial charge in [-0.05, 0) is 36.4 Å². The van der Waals surface area contributed by atoms with Crippen LogP contribution in [0.2, 0.25) is 0 Å². The van der Waals surface area contributed by atoms with Crippen LogP contribution in [0, 0.1) is 0 Å². The van der Waals surface area contributed by atoms with Crippen LogP contribution >= 0.6 is 0 Å². The predicted molar refractivity (Wildman–Crippen MR) is 112 cm³/mol. The van der Waals surface area contributed by atoms with Gasteiger partial charge in [-0.2, -0.15) is 0 Å². The Morgan fingerprint density at radius 2 is 1.48 bits per heavy atom. The number of nitrogens with one attached hydrogen (secondary N) is 2. The van der Waals surface area contributed by atoms with Gasteiger partial charge < -0.3 is 15.5 Å². The zero-order valence-electron chi connectivity index (χ0n) is 16.0. The number of carbonyl (C=O) groups excluding carboxylic acids is 3. The molecule has 3 amide bonds. The first-order valence-corrected chi connectivity index (χ1v) is 8.91. The lowest BCUT2D eigenvalue weighted by Crippen LogP contribution is -2.26. The van der Waals surface area contributed by atoms with Gasteiger partial charge in [-0.1, -0.05) is 24.3 Å². The molecule has 146 valence electrons. The summed E-state index contributed by atoms with van der Waals surface area (Å²) in [5, 5.41) is 5.40. The molecule has 0 fully saturated rings. The van der Waals surface area contributed by atoms with E-state index < -0.39 is 5.91 Å². The SMILES string of the molecule is CC(=O)Nc1cccc(NC(=O)c2cncc(C(=O)N(C)c3ccccc3)c2)c1. The predicted octanol–water partition coefficient (Wildman–Crippen LogP) is 3.57. The summed E-state index contributed by atoms with van der Waals surface area (Å²) < 4.78 is 0. The van der Waals surface area contributed by atoms with Crippen LogP contribution in [0.25, 0.3) is 0 Å². The van der Waals surface area contributed by atoms with Crippen LogP contribution in [0.1, 0.15) is 27.6 Å². The summed E-state index contributed by atoms with van der Waals surface area (Å²) in [6.45, 7) is 1.41. The Morgan fingerprint density at radius 3 is 2.17 bits per heavy atom. The van der Waals surface area contributed by atoms with E-state index in [9.17, 15) is 14.4 Å². The van der Waals surface area contributed by atoms with Gasteiger partial charge in [-0.3, -0.25) is 19.4 Å². The van der Waals surface area contributed by atoms with Crippen molar-refractivity contribution in [3.8, 4) is 0 Å². The monoisotopic (exact) mass is 388 g/mol. The molecule has 2 aromatic carbocycles. The van der Waals surface area contributed by atoms with Gasteiger partial charge in [-0.25, -0.2) is 0 Å². The molecule has 1 heterocycles. The Hall–Kier alpha value is -4.00. The summed E-state index contributed by atoms with van der Waals surface area (Å²) in [6.07, 6.45) is 2.82. The van der Waals surface area contributed by atoms with Crippen LogP contribution in [0.4, 0.5) is 17.1 Å². The van der Waals surface area contributed by atoms with Crippen LogP contribution in [-0.2, 0) is 4.79 Å². The lowest BCUT2D eigenvalue weighted by atomic mass is 10.1. The maximum Gasteiger partial charge on any atom is 0.259 e. The van der Waals surface area contributed by atoms with Crippen molar-refractivity contribution >= 4 is 34.8 Å². The molecule has 0 spiro atoms. The Kier molecular flexibility index (Phi) is 5.99. The highest BCUT2D eigenvalue weighted by atomic mass is 16.2. The fourth-order valence-electron chi connectivity index (χ4n) is 2.72. The third kappa shape index (κ3) is 5.04. The molecule has 0 aliphatic rings.